The summed E-state index contributed by atoms with van der Waals surface area (Å²) in [4.78, 5) is 0.629. The highest BCUT2D eigenvalue weighted by molar-refractivity contribution is 9.09. The van der Waals surface area contributed by atoms with E-state index in [9.17, 15) is 0 Å². The Kier molecular flexibility index (Phi) is 5.48. The minimum atomic E-state index is 0.269. The molecule has 112 valence electrons. The largest absolute Gasteiger partial charge is 0.0887 e. The molecule has 20 heavy (non-hydrogen) atoms. The Morgan fingerprint density at radius 3 is 2.50 bits per heavy atom. The molecule has 0 saturated heterocycles. The molecule has 3 unspecified atom stereocenters. The van der Waals surface area contributed by atoms with Gasteiger partial charge in [0.05, 0.1) is 10.0 Å². The molecule has 0 radical (unpaired) electrons. The molecular weight excluding hydrogens is 355 g/mol. The molecule has 0 aromatic heterocycles. The lowest BCUT2D eigenvalue weighted by Crippen LogP contribution is -2.37. The van der Waals surface area contributed by atoms with Crippen molar-refractivity contribution in [1.29, 1.82) is 0 Å². The Morgan fingerprint density at radius 1 is 1.20 bits per heavy atom. The third-order valence-electron chi connectivity index (χ3n) is 4.68. The molecule has 0 N–H and O–H groups in total. The molecule has 1 saturated carbocycles. The number of hydrogen-bond acceptors (Lipinski definition) is 0. The van der Waals surface area contributed by atoms with Gasteiger partial charge in [0.2, 0.25) is 0 Å². The number of halogens is 3. The summed E-state index contributed by atoms with van der Waals surface area (Å²) >= 11 is 16.1. The van der Waals surface area contributed by atoms with Gasteiger partial charge in [-0.05, 0) is 54.2 Å². The monoisotopic (exact) mass is 376 g/mol. The van der Waals surface area contributed by atoms with Crippen LogP contribution in [0.4, 0.5) is 0 Å². The fourth-order valence-corrected chi connectivity index (χ4v) is 5.44. The Balaban J connectivity index is 2.11. The summed E-state index contributed by atoms with van der Waals surface area (Å²) < 4.78 is 0. The average Bonchev–Trinajstić information content (AvgIpc) is 2.33. The van der Waals surface area contributed by atoms with Gasteiger partial charge in [-0.1, -0.05) is 72.4 Å². The molecule has 0 aliphatic heterocycles. The van der Waals surface area contributed by atoms with Crippen LogP contribution in [0.15, 0.2) is 18.2 Å². The summed E-state index contributed by atoms with van der Waals surface area (Å²) in [5.41, 5.74) is 1.55. The molecule has 1 aliphatic rings. The van der Waals surface area contributed by atoms with Crippen molar-refractivity contribution in [3.63, 3.8) is 0 Å². The summed E-state index contributed by atoms with van der Waals surface area (Å²) in [5.74, 6) is 1.56. The van der Waals surface area contributed by atoms with Crippen LogP contribution in [0.1, 0.15) is 45.6 Å². The van der Waals surface area contributed by atoms with Crippen LogP contribution in [0.5, 0.6) is 0 Å². The van der Waals surface area contributed by atoms with E-state index in [4.69, 9.17) is 23.2 Å². The van der Waals surface area contributed by atoms with Crippen LogP contribution in [0.25, 0.3) is 0 Å². The first-order chi connectivity index (χ1) is 9.29. The third kappa shape index (κ3) is 3.93. The highest BCUT2D eigenvalue weighted by Crippen LogP contribution is 2.45. The second-order valence-electron chi connectivity index (χ2n) is 6.95. The summed E-state index contributed by atoms with van der Waals surface area (Å²) in [5, 5.41) is 1.30. The van der Waals surface area contributed by atoms with Crippen molar-refractivity contribution in [3.05, 3.63) is 33.8 Å². The van der Waals surface area contributed by atoms with Crippen LogP contribution < -0.4 is 0 Å². The zero-order valence-corrected chi connectivity index (χ0v) is 15.5. The van der Waals surface area contributed by atoms with E-state index in [1.54, 1.807) is 0 Å². The molecule has 0 bridgehead atoms. The van der Waals surface area contributed by atoms with E-state index in [0.29, 0.717) is 20.8 Å². The van der Waals surface area contributed by atoms with E-state index >= 15 is 0 Å². The van der Waals surface area contributed by atoms with Crippen molar-refractivity contribution in [3.8, 4) is 0 Å². The van der Waals surface area contributed by atoms with Crippen LogP contribution in [0, 0.1) is 17.3 Å². The third-order valence-corrected chi connectivity index (χ3v) is 6.43. The average molecular weight is 378 g/mol. The lowest BCUT2D eigenvalue weighted by molar-refractivity contribution is 0.147. The van der Waals surface area contributed by atoms with Gasteiger partial charge in [0.15, 0.2) is 0 Å². The molecule has 1 aromatic rings. The van der Waals surface area contributed by atoms with Crippen molar-refractivity contribution in [2.45, 2.75) is 51.3 Å². The lowest BCUT2D eigenvalue weighted by Gasteiger charge is -2.42. The molecule has 0 amide bonds. The highest BCUT2D eigenvalue weighted by atomic mass is 79.9. The standard InChI is InChI=1S/C17H23BrCl2/c1-11-4-6-13(14(18)8-11)17(2,3)10-12-5-7-15(19)16(20)9-12/h5,7,9,11,13-14H,4,6,8,10H2,1-3H3. The van der Waals surface area contributed by atoms with Gasteiger partial charge < -0.3 is 0 Å². The van der Waals surface area contributed by atoms with Crippen molar-refractivity contribution in [2.75, 3.05) is 0 Å². The first-order valence-electron chi connectivity index (χ1n) is 7.37. The Bertz CT molecular complexity index is 470. The zero-order chi connectivity index (χ0) is 14.9. The fourth-order valence-electron chi connectivity index (χ4n) is 3.50. The molecule has 3 atom stereocenters. The normalized spacial score (nSPS) is 27.6. The second kappa shape index (κ2) is 6.58. The van der Waals surface area contributed by atoms with Gasteiger partial charge >= 0.3 is 0 Å². The summed E-state index contributed by atoms with van der Waals surface area (Å²) in [6.45, 7) is 7.12. The predicted molar refractivity (Wildman–Crippen MR) is 93.2 cm³/mol. The van der Waals surface area contributed by atoms with Crippen molar-refractivity contribution >= 4 is 39.1 Å². The summed E-state index contributed by atoms with van der Waals surface area (Å²) in [6.07, 6.45) is 4.99. The van der Waals surface area contributed by atoms with Gasteiger partial charge in [0, 0.05) is 4.83 Å². The molecule has 2 rings (SSSR count). The molecule has 0 heterocycles. The van der Waals surface area contributed by atoms with Crippen molar-refractivity contribution in [2.24, 2.45) is 17.3 Å². The first kappa shape index (κ1) is 16.6. The van der Waals surface area contributed by atoms with Crippen LogP contribution >= 0.6 is 39.1 Å². The predicted octanol–water partition coefficient (Wildman–Crippen LogP) is 6.76. The molecular formula is C17H23BrCl2. The smallest absolute Gasteiger partial charge is 0.0595 e. The number of hydrogen-bond donors (Lipinski definition) is 0. The summed E-state index contributed by atoms with van der Waals surface area (Å²) in [6, 6.07) is 6.02. The Hall–Kier alpha value is 0.280. The maximum atomic E-state index is 6.14. The van der Waals surface area contributed by atoms with Crippen molar-refractivity contribution in [1.82, 2.24) is 0 Å². The van der Waals surface area contributed by atoms with Gasteiger partial charge in [0.1, 0.15) is 0 Å². The Morgan fingerprint density at radius 2 is 1.90 bits per heavy atom. The maximum absolute atomic E-state index is 6.14. The van der Waals surface area contributed by atoms with Crippen LogP contribution in [0.2, 0.25) is 10.0 Å². The topological polar surface area (TPSA) is 0 Å². The van der Waals surface area contributed by atoms with E-state index in [1.807, 2.05) is 12.1 Å². The first-order valence-corrected chi connectivity index (χ1v) is 9.05. The highest BCUT2D eigenvalue weighted by Gasteiger charge is 2.37. The molecule has 0 nitrogen and oxygen atoms in total. The maximum Gasteiger partial charge on any atom is 0.0595 e. The van der Waals surface area contributed by atoms with Gasteiger partial charge in [-0.25, -0.2) is 0 Å². The minimum absolute atomic E-state index is 0.269. The van der Waals surface area contributed by atoms with Crippen LogP contribution in [0.3, 0.4) is 0 Å². The molecule has 0 spiro atoms. The summed E-state index contributed by atoms with van der Waals surface area (Å²) in [7, 11) is 0. The molecule has 1 fully saturated rings. The Labute approximate surface area is 141 Å². The number of rotatable bonds is 3. The zero-order valence-electron chi connectivity index (χ0n) is 12.4. The van der Waals surface area contributed by atoms with Gasteiger partial charge in [-0.3, -0.25) is 0 Å². The molecule has 1 aliphatic carbocycles. The van der Waals surface area contributed by atoms with Gasteiger partial charge in [-0.15, -0.1) is 0 Å². The molecule has 1 aromatic carbocycles. The lowest BCUT2D eigenvalue weighted by atomic mass is 9.66. The van der Waals surface area contributed by atoms with E-state index in [1.165, 1.54) is 24.8 Å². The quantitative estimate of drug-likeness (QED) is 0.510. The van der Waals surface area contributed by atoms with E-state index < -0.39 is 0 Å². The fraction of sp³-hybridized carbons (Fsp3) is 0.647. The van der Waals surface area contributed by atoms with E-state index in [-0.39, 0.29) is 5.41 Å². The van der Waals surface area contributed by atoms with Crippen LogP contribution in [-0.2, 0) is 6.42 Å². The SMILES string of the molecule is CC1CCC(C(C)(C)Cc2ccc(Cl)c(Cl)c2)C(Br)C1. The second-order valence-corrected chi connectivity index (χ2v) is 8.95. The van der Waals surface area contributed by atoms with Gasteiger partial charge in [-0.2, -0.15) is 0 Å². The van der Waals surface area contributed by atoms with E-state index in [2.05, 4.69) is 42.8 Å². The van der Waals surface area contributed by atoms with E-state index in [0.717, 1.165) is 12.3 Å². The minimum Gasteiger partial charge on any atom is -0.0887 e. The van der Waals surface area contributed by atoms with Crippen molar-refractivity contribution < 1.29 is 0 Å². The number of benzene rings is 1. The van der Waals surface area contributed by atoms with Crippen LogP contribution in [-0.4, -0.2) is 4.83 Å². The number of alkyl halides is 1. The van der Waals surface area contributed by atoms with Gasteiger partial charge in [0.25, 0.3) is 0 Å². The molecule has 3 heteroatoms.